The molecule has 1 rings (SSSR count). The molecule has 0 atom stereocenters. The molecule has 0 aliphatic heterocycles. The molecule has 8 nitrogen and oxygen atoms in total. The van der Waals surface area contributed by atoms with Gasteiger partial charge in [-0.1, -0.05) is 0 Å². The summed E-state index contributed by atoms with van der Waals surface area (Å²) >= 11 is 0. The van der Waals surface area contributed by atoms with Crippen LogP contribution < -0.4 is 10.6 Å². The Kier molecular flexibility index (Phi) is 5.39. The van der Waals surface area contributed by atoms with Crippen LogP contribution in [-0.4, -0.2) is 48.0 Å². The van der Waals surface area contributed by atoms with Gasteiger partial charge in [-0.25, -0.2) is 9.78 Å². The smallest absolute Gasteiger partial charge is 0.359 e. The predicted octanol–water partition coefficient (Wildman–Crippen LogP) is -1.20. The molecule has 0 fully saturated rings. The summed E-state index contributed by atoms with van der Waals surface area (Å²) in [6, 6.07) is 0. The quantitative estimate of drug-likeness (QED) is 0.648. The number of amides is 2. The molecule has 19 heavy (non-hydrogen) atoms. The second-order valence-corrected chi connectivity index (χ2v) is 3.57. The number of esters is 1. The first-order valence-corrected chi connectivity index (χ1v) is 5.46. The number of carbonyl (C=O) groups is 3. The minimum absolute atomic E-state index is 0.0182. The van der Waals surface area contributed by atoms with Crippen LogP contribution in [0.15, 0.2) is 12.4 Å². The Morgan fingerprint density at radius 2 is 1.95 bits per heavy atom. The Balaban J connectivity index is 2.36. The SMILES string of the molecule is CNC(=O)CNC(=O)COC(=O)c1cnc(C)cn1. The number of hydrogen-bond donors (Lipinski definition) is 2. The van der Waals surface area contributed by atoms with Crippen molar-refractivity contribution < 1.29 is 19.1 Å². The Labute approximate surface area is 109 Å². The molecule has 0 aromatic carbocycles. The zero-order valence-corrected chi connectivity index (χ0v) is 10.6. The summed E-state index contributed by atoms with van der Waals surface area (Å²) in [5, 5.41) is 4.62. The summed E-state index contributed by atoms with van der Waals surface area (Å²) in [5.74, 6) is -1.66. The van der Waals surface area contributed by atoms with Crippen LogP contribution in [0.25, 0.3) is 0 Å². The van der Waals surface area contributed by atoms with Crippen LogP contribution in [0.1, 0.15) is 16.2 Å². The van der Waals surface area contributed by atoms with Gasteiger partial charge >= 0.3 is 5.97 Å². The molecule has 1 aromatic rings. The number of hydrogen-bond acceptors (Lipinski definition) is 6. The maximum atomic E-state index is 11.5. The Morgan fingerprint density at radius 3 is 2.53 bits per heavy atom. The number of aromatic nitrogens is 2. The Morgan fingerprint density at radius 1 is 1.21 bits per heavy atom. The molecule has 0 bridgehead atoms. The van der Waals surface area contributed by atoms with Gasteiger partial charge in [-0.3, -0.25) is 14.6 Å². The molecule has 0 radical (unpaired) electrons. The number of carbonyl (C=O) groups excluding carboxylic acids is 3. The van der Waals surface area contributed by atoms with E-state index < -0.39 is 18.5 Å². The fourth-order valence-corrected chi connectivity index (χ4v) is 1.02. The van der Waals surface area contributed by atoms with Gasteiger partial charge in [0, 0.05) is 13.2 Å². The van der Waals surface area contributed by atoms with Crippen LogP contribution in [0.2, 0.25) is 0 Å². The van der Waals surface area contributed by atoms with Crippen molar-refractivity contribution >= 4 is 17.8 Å². The van der Waals surface area contributed by atoms with Crippen LogP contribution >= 0.6 is 0 Å². The molecule has 0 aliphatic rings. The monoisotopic (exact) mass is 266 g/mol. The van der Waals surface area contributed by atoms with E-state index in [1.165, 1.54) is 19.4 Å². The number of nitrogens with one attached hydrogen (secondary N) is 2. The highest BCUT2D eigenvalue weighted by Crippen LogP contribution is 1.96. The van der Waals surface area contributed by atoms with E-state index in [0.717, 1.165) is 0 Å². The van der Waals surface area contributed by atoms with Gasteiger partial charge in [-0.2, -0.15) is 0 Å². The molecule has 102 valence electrons. The van der Waals surface area contributed by atoms with Crippen LogP contribution in [0.4, 0.5) is 0 Å². The highest BCUT2D eigenvalue weighted by Gasteiger charge is 2.12. The lowest BCUT2D eigenvalue weighted by atomic mass is 10.4. The van der Waals surface area contributed by atoms with Gasteiger partial charge in [0.15, 0.2) is 12.3 Å². The van der Waals surface area contributed by atoms with Gasteiger partial charge in [-0.15, -0.1) is 0 Å². The molecule has 8 heteroatoms. The second-order valence-electron chi connectivity index (χ2n) is 3.57. The van der Waals surface area contributed by atoms with Crippen molar-refractivity contribution in [2.75, 3.05) is 20.2 Å². The zero-order valence-electron chi connectivity index (χ0n) is 10.6. The average Bonchev–Trinajstić information content (AvgIpc) is 2.42. The first-order valence-electron chi connectivity index (χ1n) is 5.46. The van der Waals surface area contributed by atoms with E-state index in [0.29, 0.717) is 5.69 Å². The fraction of sp³-hybridized carbons (Fsp3) is 0.364. The number of ether oxygens (including phenoxy) is 1. The van der Waals surface area contributed by atoms with Gasteiger partial charge in [0.2, 0.25) is 5.91 Å². The maximum Gasteiger partial charge on any atom is 0.359 e. The van der Waals surface area contributed by atoms with Crippen molar-refractivity contribution in [3.63, 3.8) is 0 Å². The van der Waals surface area contributed by atoms with Gasteiger partial charge in [0.25, 0.3) is 5.91 Å². The number of rotatable bonds is 5. The van der Waals surface area contributed by atoms with Crippen molar-refractivity contribution in [2.45, 2.75) is 6.92 Å². The van der Waals surface area contributed by atoms with Crippen LogP contribution in [0.3, 0.4) is 0 Å². The van der Waals surface area contributed by atoms with Gasteiger partial charge in [0.05, 0.1) is 18.4 Å². The molecule has 0 spiro atoms. The average molecular weight is 266 g/mol. The van der Waals surface area contributed by atoms with E-state index in [1.54, 1.807) is 6.92 Å². The van der Waals surface area contributed by atoms with Crippen molar-refractivity contribution in [3.05, 3.63) is 23.8 Å². The lowest BCUT2D eigenvalue weighted by molar-refractivity contribution is -0.127. The predicted molar refractivity (Wildman–Crippen MR) is 64.1 cm³/mol. The summed E-state index contributed by atoms with van der Waals surface area (Å²) in [6.45, 7) is 1.08. The summed E-state index contributed by atoms with van der Waals surface area (Å²) in [7, 11) is 1.45. The number of nitrogens with zero attached hydrogens (tertiary/aromatic N) is 2. The topological polar surface area (TPSA) is 110 Å². The highest BCUT2D eigenvalue weighted by molar-refractivity contribution is 5.90. The lowest BCUT2D eigenvalue weighted by Crippen LogP contribution is -2.37. The summed E-state index contributed by atoms with van der Waals surface area (Å²) in [6.07, 6.45) is 2.68. The first kappa shape index (κ1) is 14.6. The molecule has 2 amide bonds. The molecule has 0 saturated heterocycles. The first-order chi connectivity index (χ1) is 9.02. The number of likely N-dealkylation sites (N-methyl/N-ethyl adjacent to an activating group) is 1. The molecule has 1 aromatic heterocycles. The minimum Gasteiger partial charge on any atom is -0.451 e. The molecule has 2 N–H and O–H groups in total. The van der Waals surface area contributed by atoms with Crippen molar-refractivity contribution in [3.8, 4) is 0 Å². The summed E-state index contributed by atoms with van der Waals surface area (Å²) < 4.78 is 4.71. The molecular formula is C11H14N4O4. The van der Waals surface area contributed by atoms with Crippen LogP contribution in [0, 0.1) is 6.92 Å². The van der Waals surface area contributed by atoms with E-state index >= 15 is 0 Å². The largest absolute Gasteiger partial charge is 0.451 e. The van der Waals surface area contributed by atoms with Gasteiger partial charge in [0.1, 0.15) is 0 Å². The molecule has 0 saturated carbocycles. The number of aryl methyl sites for hydroxylation is 1. The molecule has 1 heterocycles. The third-order valence-corrected chi connectivity index (χ3v) is 2.05. The van der Waals surface area contributed by atoms with Crippen LogP contribution in [0.5, 0.6) is 0 Å². The summed E-state index contributed by atoms with van der Waals surface area (Å²) in [4.78, 5) is 41.3. The van der Waals surface area contributed by atoms with Gasteiger partial charge in [-0.05, 0) is 6.92 Å². The minimum atomic E-state index is -0.748. The normalized spacial score (nSPS) is 9.58. The fourth-order valence-electron chi connectivity index (χ4n) is 1.02. The third kappa shape index (κ3) is 5.11. The van der Waals surface area contributed by atoms with E-state index in [4.69, 9.17) is 4.74 Å². The van der Waals surface area contributed by atoms with Crippen molar-refractivity contribution in [2.24, 2.45) is 0 Å². The summed E-state index contributed by atoms with van der Waals surface area (Å²) in [5.41, 5.74) is 0.685. The maximum absolute atomic E-state index is 11.5. The Bertz CT molecular complexity index is 472. The van der Waals surface area contributed by atoms with Crippen molar-refractivity contribution in [1.29, 1.82) is 0 Å². The van der Waals surface area contributed by atoms with E-state index in [1.807, 2.05) is 0 Å². The van der Waals surface area contributed by atoms with Gasteiger partial charge < -0.3 is 15.4 Å². The van der Waals surface area contributed by atoms with E-state index in [-0.39, 0.29) is 18.1 Å². The van der Waals surface area contributed by atoms with E-state index in [2.05, 4.69) is 20.6 Å². The third-order valence-electron chi connectivity index (χ3n) is 2.05. The Hall–Kier alpha value is -2.51. The lowest BCUT2D eigenvalue weighted by Gasteiger charge is -2.05. The van der Waals surface area contributed by atoms with E-state index in [9.17, 15) is 14.4 Å². The second kappa shape index (κ2) is 7.04. The molecular weight excluding hydrogens is 252 g/mol. The highest BCUT2D eigenvalue weighted by atomic mass is 16.5. The van der Waals surface area contributed by atoms with Crippen molar-refractivity contribution in [1.82, 2.24) is 20.6 Å². The van der Waals surface area contributed by atoms with Crippen LogP contribution in [-0.2, 0) is 14.3 Å². The zero-order chi connectivity index (χ0) is 14.3. The standard InChI is InChI=1S/C11H14N4O4/c1-7-3-14-8(4-13-7)11(18)19-6-10(17)15-5-9(16)12-2/h3-4H,5-6H2,1-2H3,(H,12,16)(H,15,17). The molecule has 0 aliphatic carbocycles. The molecule has 0 unspecified atom stereocenters.